The third-order valence-electron chi connectivity index (χ3n) is 3.44. The van der Waals surface area contributed by atoms with E-state index in [9.17, 15) is 0 Å². The van der Waals surface area contributed by atoms with Gasteiger partial charge in [-0.15, -0.1) is 0 Å². The molecule has 0 saturated carbocycles. The molecule has 102 valence electrons. The zero-order valence-corrected chi connectivity index (χ0v) is 12.4. The van der Waals surface area contributed by atoms with Gasteiger partial charge in [0, 0.05) is 6.54 Å². The summed E-state index contributed by atoms with van der Waals surface area (Å²) in [5.74, 6) is 0. The van der Waals surface area contributed by atoms with Crippen LogP contribution >= 0.6 is 11.6 Å². The van der Waals surface area contributed by atoms with Gasteiger partial charge in [-0.2, -0.15) is 5.10 Å². The zero-order valence-electron chi connectivity index (χ0n) is 11.7. The molecule has 0 bridgehead atoms. The lowest BCUT2D eigenvalue weighted by atomic mass is 9.96. The van der Waals surface area contributed by atoms with Crippen molar-refractivity contribution in [3.05, 3.63) is 52.3 Å². The predicted octanol–water partition coefficient (Wildman–Crippen LogP) is 3.43. The largest absolute Gasteiger partial charge is 0.308 e. The van der Waals surface area contributed by atoms with Crippen LogP contribution in [0.3, 0.4) is 0 Å². The van der Waals surface area contributed by atoms with Crippen molar-refractivity contribution in [1.82, 2.24) is 15.1 Å². The molecule has 0 aliphatic heterocycles. The quantitative estimate of drug-likeness (QED) is 0.907. The summed E-state index contributed by atoms with van der Waals surface area (Å²) >= 11 is 6.32. The summed E-state index contributed by atoms with van der Waals surface area (Å²) in [5.41, 5.74) is 3.64. The Bertz CT molecular complexity index is 548. The van der Waals surface area contributed by atoms with Crippen LogP contribution in [0.15, 0.2) is 30.5 Å². The molecule has 19 heavy (non-hydrogen) atoms. The first-order valence-electron chi connectivity index (χ1n) is 6.69. The summed E-state index contributed by atoms with van der Waals surface area (Å²) in [7, 11) is 1.96. The highest BCUT2D eigenvalue weighted by atomic mass is 35.5. The summed E-state index contributed by atoms with van der Waals surface area (Å²) in [4.78, 5) is 0. The normalized spacial score (nSPS) is 12.6. The van der Waals surface area contributed by atoms with E-state index in [2.05, 4.69) is 48.5 Å². The molecule has 0 radical (unpaired) electrons. The Morgan fingerprint density at radius 3 is 2.68 bits per heavy atom. The first-order valence-corrected chi connectivity index (χ1v) is 7.06. The minimum atomic E-state index is 0.0751. The van der Waals surface area contributed by atoms with Crippen molar-refractivity contribution in [1.29, 1.82) is 0 Å². The van der Waals surface area contributed by atoms with Crippen molar-refractivity contribution < 1.29 is 0 Å². The average Bonchev–Trinajstić information content (AvgIpc) is 2.82. The Kier molecular flexibility index (Phi) is 4.61. The van der Waals surface area contributed by atoms with Crippen molar-refractivity contribution in [3.8, 4) is 0 Å². The molecular formula is C15H20ClN3. The number of aromatic nitrogens is 2. The first-order chi connectivity index (χ1) is 9.22. The van der Waals surface area contributed by atoms with Gasteiger partial charge in [0.05, 0.1) is 23.0 Å². The van der Waals surface area contributed by atoms with Gasteiger partial charge in [-0.05, 0) is 31.5 Å². The highest BCUT2D eigenvalue weighted by Crippen LogP contribution is 2.30. The van der Waals surface area contributed by atoms with Crippen molar-refractivity contribution in [2.75, 3.05) is 7.05 Å². The van der Waals surface area contributed by atoms with Crippen molar-refractivity contribution in [2.24, 2.45) is 0 Å². The topological polar surface area (TPSA) is 29.9 Å². The van der Waals surface area contributed by atoms with Crippen LogP contribution in [0.4, 0.5) is 0 Å². The van der Waals surface area contributed by atoms with E-state index in [1.807, 2.05) is 11.7 Å². The lowest BCUT2D eigenvalue weighted by molar-refractivity contribution is 0.561. The summed E-state index contributed by atoms with van der Waals surface area (Å²) in [5, 5.41) is 8.41. The Morgan fingerprint density at radius 2 is 2.05 bits per heavy atom. The van der Waals surface area contributed by atoms with Crippen LogP contribution in [0.5, 0.6) is 0 Å². The Labute approximate surface area is 119 Å². The van der Waals surface area contributed by atoms with Crippen LogP contribution in [0, 0.1) is 0 Å². The smallest absolute Gasteiger partial charge is 0.0837 e. The van der Waals surface area contributed by atoms with Crippen molar-refractivity contribution in [3.63, 3.8) is 0 Å². The fourth-order valence-corrected chi connectivity index (χ4v) is 2.74. The fraction of sp³-hybridized carbons (Fsp3) is 0.400. The van der Waals surface area contributed by atoms with Gasteiger partial charge in [-0.1, -0.05) is 42.8 Å². The predicted molar refractivity (Wildman–Crippen MR) is 79.6 cm³/mol. The number of hydrogen-bond acceptors (Lipinski definition) is 2. The van der Waals surface area contributed by atoms with E-state index in [0.717, 1.165) is 18.7 Å². The van der Waals surface area contributed by atoms with Gasteiger partial charge in [0.1, 0.15) is 0 Å². The van der Waals surface area contributed by atoms with Gasteiger partial charge >= 0.3 is 0 Å². The lowest BCUT2D eigenvalue weighted by Gasteiger charge is -2.21. The van der Waals surface area contributed by atoms with Crippen LogP contribution in [0.1, 0.15) is 36.7 Å². The highest BCUT2D eigenvalue weighted by molar-refractivity contribution is 6.31. The van der Waals surface area contributed by atoms with Crippen LogP contribution < -0.4 is 5.32 Å². The lowest BCUT2D eigenvalue weighted by Crippen LogP contribution is -2.23. The number of hydrogen-bond donors (Lipinski definition) is 1. The molecule has 4 heteroatoms. The molecule has 0 amide bonds. The summed E-state index contributed by atoms with van der Waals surface area (Å²) < 4.78 is 1.95. The molecule has 3 nitrogen and oxygen atoms in total. The summed E-state index contributed by atoms with van der Waals surface area (Å²) in [6, 6.07) is 8.54. The van der Waals surface area contributed by atoms with E-state index in [0.29, 0.717) is 5.02 Å². The Morgan fingerprint density at radius 1 is 1.32 bits per heavy atom. The number of benzene rings is 1. The molecule has 1 heterocycles. The Balaban J connectivity index is 2.53. The molecule has 1 unspecified atom stereocenters. The SMILES string of the molecule is CCc1ccccc1C(NC)c1c(Cl)cnn1CC. The number of rotatable bonds is 5. The highest BCUT2D eigenvalue weighted by Gasteiger charge is 2.21. The van der Waals surface area contributed by atoms with Gasteiger partial charge in [-0.3, -0.25) is 4.68 Å². The second kappa shape index (κ2) is 6.22. The van der Waals surface area contributed by atoms with E-state index in [-0.39, 0.29) is 6.04 Å². The van der Waals surface area contributed by atoms with Crippen LogP contribution in [0.25, 0.3) is 0 Å². The van der Waals surface area contributed by atoms with E-state index in [4.69, 9.17) is 11.6 Å². The Hall–Kier alpha value is -1.32. The summed E-state index contributed by atoms with van der Waals surface area (Å²) in [6.07, 6.45) is 2.73. The molecule has 0 aliphatic carbocycles. The van der Waals surface area contributed by atoms with Crippen LogP contribution in [0.2, 0.25) is 5.02 Å². The van der Waals surface area contributed by atoms with Gasteiger partial charge in [0.15, 0.2) is 0 Å². The molecule has 2 rings (SSSR count). The van der Waals surface area contributed by atoms with E-state index in [1.54, 1.807) is 6.20 Å². The molecule has 0 fully saturated rings. The molecular weight excluding hydrogens is 258 g/mol. The maximum absolute atomic E-state index is 6.32. The maximum atomic E-state index is 6.32. The minimum Gasteiger partial charge on any atom is -0.308 e. The molecule has 2 aromatic rings. The molecule has 0 spiro atoms. The van der Waals surface area contributed by atoms with E-state index in [1.165, 1.54) is 11.1 Å². The monoisotopic (exact) mass is 277 g/mol. The van der Waals surface area contributed by atoms with Gasteiger partial charge in [-0.25, -0.2) is 0 Å². The molecule has 1 atom stereocenters. The van der Waals surface area contributed by atoms with Crippen LogP contribution in [-0.4, -0.2) is 16.8 Å². The van der Waals surface area contributed by atoms with Crippen molar-refractivity contribution in [2.45, 2.75) is 32.9 Å². The fourth-order valence-electron chi connectivity index (χ4n) is 2.49. The second-order valence-electron chi connectivity index (χ2n) is 4.47. The standard InChI is InChI=1S/C15H20ClN3/c1-4-11-8-6-7-9-12(11)14(17-3)15-13(16)10-18-19(15)5-2/h6-10,14,17H,4-5H2,1-3H3. The third-order valence-corrected chi connectivity index (χ3v) is 3.73. The minimum absolute atomic E-state index is 0.0751. The number of halogens is 1. The average molecular weight is 278 g/mol. The molecule has 1 N–H and O–H groups in total. The van der Waals surface area contributed by atoms with Gasteiger partial charge < -0.3 is 5.32 Å². The number of aryl methyl sites for hydroxylation is 2. The third kappa shape index (κ3) is 2.67. The molecule has 1 aromatic heterocycles. The first kappa shape index (κ1) is 14.1. The molecule has 0 aliphatic rings. The maximum Gasteiger partial charge on any atom is 0.0837 e. The van der Waals surface area contributed by atoms with Crippen LogP contribution in [-0.2, 0) is 13.0 Å². The zero-order chi connectivity index (χ0) is 13.8. The van der Waals surface area contributed by atoms with Gasteiger partial charge in [0.25, 0.3) is 0 Å². The van der Waals surface area contributed by atoms with Crippen molar-refractivity contribution >= 4 is 11.6 Å². The number of nitrogens with zero attached hydrogens (tertiary/aromatic N) is 2. The number of nitrogens with one attached hydrogen (secondary N) is 1. The molecule has 0 saturated heterocycles. The van der Waals surface area contributed by atoms with E-state index < -0.39 is 0 Å². The second-order valence-corrected chi connectivity index (χ2v) is 4.87. The molecule has 1 aromatic carbocycles. The van der Waals surface area contributed by atoms with E-state index >= 15 is 0 Å². The van der Waals surface area contributed by atoms with Gasteiger partial charge in [0.2, 0.25) is 0 Å². The summed E-state index contributed by atoms with van der Waals surface area (Å²) in [6.45, 7) is 5.06.